The lowest BCUT2D eigenvalue weighted by molar-refractivity contribution is 0.510. The van der Waals surface area contributed by atoms with Crippen molar-refractivity contribution in [2.75, 3.05) is 0 Å². The summed E-state index contributed by atoms with van der Waals surface area (Å²) in [5, 5.41) is 9.57. The zero-order chi connectivity index (χ0) is 43.0. The molecule has 1 aliphatic rings. The summed E-state index contributed by atoms with van der Waals surface area (Å²) < 4.78 is 4.85. The van der Waals surface area contributed by atoms with Gasteiger partial charge in [-0.25, -0.2) is 4.98 Å². The molecule has 5 heteroatoms. The van der Waals surface area contributed by atoms with Gasteiger partial charge in [-0.1, -0.05) is 189 Å². The van der Waals surface area contributed by atoms with E-state index in [4.69, 9.17) is 15.0 Å². The minimum atomic E-state index is 0.111. The van der Waals surface area contributed by atoms with Crippen LogP contribution in [-0.2, 0) is 0 Å². The molecule has 0 amide bonds. The van der Waals surface area contributed by atoms with Gasteiger partial charge in [0.05, 0.1) is 22.6 Å². The third kappa shape index (κ3) is 6.11. The SMILES string of the molecule is CC1C=CC=CC1n1c2ccccc2c2ccc3c4ccccc4n(-c4nc(-c5cccc(-c6ccc7ccccc7c6)c5)nc(-c5cccc(-c6ccc7ccccc7c6)c5)n4)c3c21. The first kappa shape index (κ1) is 37.2. The highest BCUT2D eigenvalue weighted by Crippen LogP contribution is 2.43. The molecule has 3 aromatic heterocycles. The van der Waals surface area contributed by atoms with E-state index in [9.17, 15) is 0 Å². The van der Waals surface area contributed by atoms with Gasteiger partial charge in [-0.2, -0.15) is 9.97 Å². The number of benzene rings is 9. The van der Waals surface area contributed by atoms with Gasteiger partial charge in [-0.15, -0.1) is 0 Å². The van der Waals surface area contributed by atoms with E-state index in [1.807, 2.05) is 0 Å². The molecular formula is C60H41N5. The minimum absolute atomic E-state index is 0.111. The van der Waals surface area contributed by atoms with E-state index in [1.54, 1.807) is 0 Å². The second kappa shape index (κ2) is 14.9. The fourth-order valence-corrected chi connectivity index (χ4v) is 10.2. The molecule has 13 rings (SSSR count). The number of rotatable bonds is 6. The summed E-state index contributed by atoms with van der Waals surface area (Å²) in [6.45, 7) is 2.31. The Morgan fingerprint density at radius 3 is 1.48 bits per heavy atom. The Kier molecular flexibility index (Phi) is 8.50. The molecular weight excluding hydrogens is 791 g/mol. The maximum absolute atomic E-state index is 5.50. The van der Waals surface area contributed by atoms with Crippen LogP contribution in [0.2, 0.25) is 0 Å². The van der Waals surface area contributed by atoms with Crippen LogP contribution in [0.1, 0.15) is 13.0 Å². The smallest absolute Gasteiger partial charge is 0.238 e. The van der Waals surface area contributed by atoms with Crippen molar-refractivity contribution in [2.24, 2.45) is 5.92 Å². The van der Waals surface area contributed by atoms with Crippen LogP contribution in [-0.4, -0.2) is 24.1 Å². The number of hydrogen-bond donors (Lipinski definition) is 0. The van der Waals surface area contributed by atoms with E-state index in [2.05, 4.69) is 234 Å². The number of nitrogens with zero attached hydrogens (tertiary/aromatic N) is 5. The molecule has 2 unspecified atom stereocenters. The number of aromatic nitrogens is 5. The van der Waals surface area contributed by atoms with E-state index in [0.717, 1.165) is 60.7 Å². The fourth-order valence-electron chi connectivity index (χ4n) is 10.2. The van der Waals surface area contributed by atoms with Gasteiger partial charge < -0.3 is 4.57 Å². The van der Waals surface area contributed by atoms with Crippen molar-refractivity contribution in [3.05, 3.63) is 218 Å². The van der Waals surface area contributed by atoms with Gasteiger partial charge in [-0.05, 0) is 86.1 Å². The summed E-state index contributed by atoms with van der Waals surface area (Å²) in [4.78, 5) is 16.3. The Bertz CT molecular complexity index is 3800. The van der Waals surface area contributed by atoms with E-state index in [-0.39, 0.29) is 12.0 Å². The maximum atomic E-state index is 5.50. The van der Waals surface area contributed by atoms with Crippen LogP contribution in [0.3, 0.4) is 0 Å². The molecule has 0 bridgehead atoms. The predicted molar refractivity (Wildman–Crippen MR) is 270 cm³/mol. The quantitative estimate of drug-likeness (QED) is 0.168. The van der Waals surface area contributed by atoms with Crippen molar-refractivity contribution in [2.45, 2.75) is 13.0 Å². The number of allylic oxidation sites excluding steroid dienone is 4. The van der Waals surface area contributed by atoms with Crippen LogP contribution < -0.4 is 0 Å². The highest BCUT2D eigenvalue weighted by atomic mass is 15.2. The van der Waals surface area contributed by atoms with Gasteiger partial charge in [0.15, 0.2) is 11.6 Å². The van der Waals surface area contributed by atoms with Crippen molar-refractivity contribution in [1.29, 1.82) is 0 Å². The number of para-hydroxylation sites is 2. The first-order valence-electron chi connectivity index (χ1n) is 22.4. The first-order chi connectivity index (χ1) is 32.1. The van der Waals surface area contributed by atoms with Gasteiger partial charge >= 0.3 is 0 Å². The molecule has 0 radical (unpaired) electrons. The Morgan fingerprint density at radius 1 is 0.369 bits per heavy atom. The lowest BCUT2D eigenvalue weighted by atomic mass is 9.96. The van der Waals surface area contributed by atoms with Gasteiger partial charge in [0.25, 0.3) is 0 Å². The zero-order valence-electron chi connectivity index (χ0n) is 35.7. The third-order valence-corrected chi connectivity index (χ3v) is 13.4. The summed E-state index contributed by atoms with van der Waals surface area (Å²) in [6.07, 6.45) is 9.00. The molecule has 1 aliphatic carbocycles. The standard InChI is InChI=1S/C60H41N5/c1-38-14-2-9-25-53(38)64-54-26-10-7-23-49(54)51-32-33-52-50-24-8-11-27-55(50)65(57(52)56(51)64)60-62-58(47-21-12-19-43(36-47)45-30-28-39-15-3-5-17-41(39)34-45)61-59(63-60)48-22-13-20-44(37-48)46-31-29-40-16-4-6-18-42(40)35-46/h2-38,53H,1H3. The Hall–Kier alpha value is -8.41. The molecule has 3 heterocycles. The topological polar surface area (TPSA) is 48.5 Å². The normalized spacial score (nSPS) is 15.0. The molecule has 306 valence electrons. The molecule has 2 atom stereocenters. The van der Waals surface area contributed by atoms with E-state index in [0.29, 0.717) is 17.6 Å². The zero-order valence-corrected chi connectivity index (χ0v) is 35.7. The van der Waals surface area contributed by atoms with Crippen molar-refractivity contribution >= 4 is 65.2 Å². The fraction of sp³-hybridized carbons (Fsp3) is 0.0500. The number of hydrogen-bond acceptors (Lipinski definition) is 3. The lowest BCUT2D eigenvalue weighted by Crippen LogP contribution is -2.15. The predicted octanol–water partition coefficient (Wildman–Crippen LogP) is 15.4. The van der Waals surface area contributed by atoms with E-state index < -0.39 is 0 Å². The van der Waals surface area contributed by atoms with E-state index >= 15 is 0 Å². The lowest BCUT2D eigenvalue weighted by Gasteiger charge is -2.25. The highest BCUT2D eigenvalue weighted by Gasteiger charge is 2.27. The first-order valence-corrected chi connectivity index (χ1v) is 22.4. The van der Waals surface area contributed by atoms with Gasteiger partial charge in [0.1, 0.15) is 0 Å². The van der Waals surface area contributed by atoms with Crippen LogP contribution in [0.15, 0.2) is 218 Å². The Morgan fingerprint density at radius 2 is 0.862 bits per heavy atom. The summed E-state index contributed by atoms with van der Waals surface area (Å²) >= 11 is 0. The van der Waals surface area contributed by atoms with Crippen LogP contribution in [0.4, 0.5) is 0 Å². The molecule has 0 saturated carbocycles. The molecule has 0 saturated heterocycles. The van der Waals surface area contributed by atoms with Gasteiger partial charge in [0.2, 0.25) is 5.95 Å². The second-order valence-electron chi connectivity index (χ2n) is 17.3. The van der Waals surface area contributed by atoms with Crippen LogP contribution in [0.25, 0.3) is 116 Å². The summed E-state index contributed by atoms with van der Waals surface area (Å²) in [6, 6.07) is 69.7. The Balaban J connectivity index is 1.08. The summed E-state index contributed by atoms with van der Waals surface area (Å²) in [5.41, 5.74) is 10.8. The van der Waals surface area contributed by atoms with Crippen LogP contribution in [0, 0.1) is 5.92 Å². The highest BCUT2D eigenvalue weighted by molar-refractivity contribution is 6.23. The maximum Gasteiger partial charge on any atom is 0.238 e. The molecule has 5 nitrogen and oxygen atoms in total. The molecule has 0 N–H and O–H groups in total. The van der Waals surface area contributed by atoms with Crippen molar-refractivity contribution in [1.82, 2.24) is 24.1 Å². The molecule has 9 aromatic carbocycles. The Labute approximate surface area is 375 Å². The largest absolute Gasteiger partial charge is 0.331 e. The monoisotopic (exact) mass is 831 g/mol. The molecule has 65 heavy (non-hydrogen) atoms. The average molecular weight is 832 g/mol. The number of fused-ring (bicyclic) bond motifs is 9. The molecule has 0 fully saturated rings. The minimum Gasteiger partial charge on any atom is -0.331 e. The van der Waals surface area contributed by atoms with Gasteiger partial charge in [-0.3, -0.25) is 4.57 Å². The van der Waals surface area contributed by atoms with Crippen molar-refractivity contribution in [3.63, 3.8) is 0 Å². The van der Waals surface area contributed by atoms with Crippen molar-refractivity contribution < 1.29 is 0 Å². The van der Waals surface area contributed by atoms with Crippen LogP contribution in [0.5, 0.6) is 0 Å². The molecule has 12 aromatic rings. The van der Waals surface area contributed by atoms with Crippen LogP contribution >= 0.6 is 0 Å². The molecule has 0 spiro atoms. The van der Waals surface area contributed by atoms with E-state index in [1.165, 1.54) is 37.8 Å². The second-order valence-corrected chi connectivity index (χ2v) is 17.3. The third-order valence-electron chi connectivity index (χ3n) is 13.4. The molecule has 0 aliphatic heterocycles. The summed E-state index contributed by atoms with van der Waals surface area (Å²) in [5.74, 6) is 2.07. The van der Waals surface area contributed by atoms with Crippen molar-refractivity contribution in [3.8, 4) is 51.0 Å². The van der Waals surface area contributed by atoms with Gasteiger partial charge in [0, 0.05) is 38.2 Å². The average Bonchev–Trinajstić information content (AvgIpc) is 3.89. The summed E-state index contributed by atoms with van der Waals surface area (Å²) in [7, 11) is 0.